The Morgan fingerprint density at radius 2 is 1.95 bits per heavy atom. The minimum Gasteiger partial charge on any atom is -0.366 e. The first-order valence-electron chi connectivity index (χ1n) is 6.94. The third kappa shape index (κ3) is 4.06. The van der Waals surface area contributed by atoms with Crippen LogP contribution in [0.1, 0.15) is 38.3 Å². The smallest absolute Gasteiger partial charge is 0.248 e. The summed E-state index contributed by atoms with van der Waals surface area (Å²) in [6.45, 7) is 7.61. The van der Waals surface area contributed by atoms with Gasteiger partial charge in [0.1, 0.15) is 6.61 Å². The molecule has 19 heavy (non-hydrogen) atoms. The molecule has 0 bridgehead atoms. The molecule has 1 heterocycles. The quantitative estimate of drug-likeness (QED) is 0.819. The van der Waals surface area contributed by atoms with Gasteiger partial charge in [0, 0.05) is 13.1 Å². The first-order chi connectivity index (χ1) is 8.96. The summed E-state index contributed by atoms with van der Waals surface area (Å²) >= 11 is 0. The number of hydrogen-bond acceptors (Lipinski definition) is 2. The molecule has 1 aliphatic rings. The van der Waals surface area contributed by atoms with Gasteiger partial charge in [0.05, 0.1) is 5.60 Å². The topological polar surface area (TPSA) is 29.5 Å². The third-order valence-electron chi connectivity index (χ3n) is 3.34. The summed E-state index contributed by atoms with van der Waals surface area (Å²) in [5.41, 5.74) is 2.37. The van der Waals surface area contributed by atoms with E-state index in [1.165, 1.54) is 11.1 Å². The van der Waals surface area contributed by atoms with Crippen LogP contribution in [0.25, 0.3) is 0 Å². The number of nitrogens with zero attached hydrogens (tertiary/aromatic N) is 1. The number of benzene rings is 1. The first kappa shape index (κ1) is 14.1. The van der Waals surface area contributed by atoms with Crippen LogP contribution in [0.4, 0.5) is 0 Å². The summed E-state index contributed by atoms with van der Waals surface area (Å²) in [4.78, 5) is 14.1. The summed E-state index contributed by atoms with van der Waals surface area (Å²) in [5.74, 6) is 0.0895. The molecule has 3 heteroatoms. The molecule has 104 valence electrons. The molecule has 1 aromatic carbocycles. The average Bonchev–Trinajstić information content (AvgIpc) is 2.57. The Hall–Kier alpha value is -1.35. The van der Waals surface area contributed by atoms with E-state index in [1.807, 2.05) is 31.7 Å². The van der Waals surface area contributed by atoms with Crippen LogP contribution in [0, 0.1) is 0 Å². The molecule has 1 aliphatic heterocycles. The lowest BCUT2D eigenvalue weighted by Crippen LogP contribution is -2.36. The molecule has 0 radical (unpaired) electrons. The molecule has 0 saturated carbocycles. The molecule has 0 saturated heterocycles. The van der Waals surface area contributed by atoms with E-state index >= 15 is 0 Å². The van der Waals surface area contributed by atoms with E-state index in [9.17, 15) is 4.79 Å². The van der Waals surface area contributed by atoms with Gasteiger partial charge in [-0.1, -0.05) is 24.3 Å². The van der Waals surface area contributed by atoms with E-state index in [1.54, 1.807) is 0 Å². The van der Waals surface area contributed by atoms with Crippen LogP contribution in [0.15, 0.2) is 24.3 Å². The van der Waals surface area contributed by atoms with Crippen molar-refractivity contribution in [2.24, 2.45) is 0 Å². The van der Waals surface area contributed by atoms with Gasteiger partial charge in [-0.2, -0.15) is 0 Å². The van der Waals surface area contributed by atoms with E-state index in [0.29, 0.717) is 6.54 Å². The fraction of sp³-hybridized carbons (Fsp3) is 0.562. The van der Waals surface area contributed by atoms with Crippen molar-refractivity contribution in [2.75, 3.05) is 13.2 Å². The van der Waals surface area contributed by atoms with Crippen molar-refractivity contribution in [1.82, 2.24) is 4.90 Å². The maximum absolute atomic E-state index is 12.2. The zero-order valence-electron chi connectivity index (χ0n) is 12.1. The number of aryl methyl sites for hydroxylation is 1. The number of hydrogen-bond donors (Lipinski definition) is 0. The van der Waals surface area contributed by atoms with Crippen LogP contribution >= 0.6 is 0 Å². The van der Waals surface area contributed by atoms with Crippen molar-refractivity contribution in [3.8, 4) is 0 Å². The largest absolute Gasteiger partial charge is 0.366 e. The summed E-state index contributed by atoms with van der Waals surface area (Å²) in [6.07, 6.45) is 2.08. The average molecular weight is 261 g/mol. The minimum absolute atomic E-state index is 0.0895. The molecule has 0 N–H and O–H groups in total. The Morgan fingerprint density at radius 3 is 2.63 bits per heavy atom. The lowest BCUT2D eigenvalue weighted by molar-refractivity contribution is -0.141. The summed E-state index contributed by atoms with van der Waals surface area (Å²) in [5, 5.41) is 0. The van der Waals surface area contributed by atoms with Crippen molar-refractivity contribution in [2.45, 2.75) is 45.8 Å². The van der Waals surface area contributed by atoms with Gasteiger partial charge in [0.25, 0.3) is 0 Å². The lowest BCUT2D eigenvalue weighted by Gasteiger charge is -2.24. The van der Waals surface area contributed by atoms with Crippen molar-refractivity contribution in [3.63, 3.8) is 0 Å². The molecule has 1 amide bonds. The maximum atomic E-state index is 12.2. The Kier molecular flexibility index (Phi) is 4.25. The van der Waals surface area contributed by atoms with Gasteiger partial charge in [-0.25, -0.2) is 0 Å². The highest BCUT2D eigenvalue weighted by Gasteiger charge is 2.20. The van der Waals surface area contributed by atoms with E-state index < -0.39 is 0 Å². The van der Waals surface area contributed by atoms with Gasteiger partial charge < -0.3 is 9.64 Å². The normalized spacial score (nSPS) is 15.8. The van der Waals surface area contributed by atoms with Crippen LogP contribution in [0.5, 0.6) is 0 Å². The Bertz CT molecular complexity index is 448. The van der Waals surface area contributed by atoms with Crippen molar-refractivity contribution in [1.29, 1.82) is 0 Å². The summed E-state index contributed by atoms with van der Waals surface area (Å²) < 4.78 is 5.58. The zero-order chi connectivity index (χ0) is 13.9. The molecular weight excluding hydrogens is 238 g/mol. The fourth-order valence-electron chi connectivity index (χ4n) is 2.28. The van der Waals surface area contributed by atoms with Crippen LogP contribution in [-0.4, -0.2) is 29.6 Å². The Morgan fingerprint density at radius 1 is 1.26 bits per heavy atom. The Balaban J connectivity index is 2.00. The molecule has 0 unspecified atom stereocenters. The second kappa shape index (κ2) is 5.74. The summed E-state index contributed by atoms with van der Waals surface area (Å²) in [6, 6.07) is 8.39. The molecule has 1 aromatic rings. The van der Waals surface area contributed by atoms with E-state index in [2.05, 4.69) is 18.2 Å². The van der Waals surface area contributed by atoms with Gasteiger partial charge in [-0.05, 0) is 44.7 Å². The predicted molar refractivity (Wildman–Crippen MR) is 75.9 cm³/mol. The zero-order valence-corrected chi connectivity index (χ0v) is 12.1. The number of ether oxygens (including phenoxy) is 1. The minimum atomic E-state index is -0.264. The van der Waals surface area contributed by atoms with E-state index in [0.717, 1.165) is 19.4 Å². The van der Waals surface area contributed by atoms with Gasteiger partial charge >= 0.3 is 0 Å². The number of carbonyl (C=O) groups excluding carboxylic acids is 1. The van der Waals surface area contributed by atoms with Crippen LogP contribution in [0.2, 0.25) is 0 Å². The van der Waals surface area contributed by atoms with Crippen molar-refractivity contribution >= 4 is 5.91 Å². The molecule has 0 aliphatic carbocycles. The highest BCUT2D eigenvalue weighted by molar-refractivity contribution is 5.77. The standard InChI is InChI=1S/C16H23NO2/c1-16(2,3)19-12-15(18)17-10-6-9-13-7-4-5-8-14(13)11-17/h4-5,7-8H,6,9-12H2,1-3H3. The highest BCUT2D eigenvalue weighted by atomic mass is 16.5. The van der Waals surface area contributed by atoms with Crippen LogP contribution in [0.3, 0.4) is 0 Å². The number of fused-ring (bicyclic) bond motifs is 1. The third-order valence-corrected chi connectivity index (χ3v) is 3.34. The highest BCUT2D eigenvalue weighted by Crippen LogP contribution is 2.18. The second-order valence-electron chi connectivity index (χ2n) is 6.09. The number of amides is 1. The molecule has 0 spiro atoms. The lowest BCUT2D eigenvalue weighted by atomic mass is 10.0. The van der Waals surface area contributed by atoms with Gasteiger partial charge in [0.2, 0.25) is 5.91 Å². The monoisotopic (exact) mass is 261 g/mol. The van der Waals surface area contributed by atoms with Crippen LogP contribution in [-0.2, 0) is 22.5 Å². The molecule has 2 rings (SSSR count). The molecule has 0 aromatic heterocycles. The molecule has 0 fully saturated rings. The fourth-order valence-corrected chi connectivity index (χ4v) is 2.28. The van der Waals surface area contributed by atoms with Gasteiger partial charge in [-0.15, -0.1) is 0 Å². The SMILES string of the molecule is CC(C)(C)OCC(=O)N1CCCc2ccccc2C1. The van der Waals surface area contributed by atoms with Crippen LogP contribution < -0.4 is 0 Å². The molecule has 3 nitrogen and oxygen atoms in total. The Labute approximate surface area is 115 Å². The van der Waals surface area contributed by atoms with Crippen molar-refractivity contribution in [3.05, 3.63) is 35.4 Å². The maximum Gasteiger partial charge on any atom is 0.248 e. The number of carbonyl (C=O) groups is 1. The molecular formula is C16H23NO2. The first-order valence-corrected chi connectivity index (χ1v) is 6.94. The van der Waals surface area contributed by atoms with E-state index in [4.69, 9.17) is 4.74 Å². The van der Waals surface area contributed by atoms with Gasteiger partial charge in [0.15, 0.2) is 0 Å². The van der Waals surface area contributed by atoms with Gasteiger partial charge in [-0.3, -0.25) is 4.79 Å². The number of rotatable bonds is 2. The van der Waals surface area contributed by atoms with Crippen molar-refractivity contribution < 1.29 is 9.53 Å². The second-order valence-corrected chi connectivity index (χ2v) is 6.09. The predicted octanol–water partition coefficient (Wildman–Crippen LogP) is 2.78. The molecule has 0 atom stereocenters. The van der Waals surface area contributed by atoms with E-state index in [-0.39, 0.29) is 18.1 Å². The summed E-state index contributed by atoms with van der Waals surface area (Å²) in [7, 11) is 0.